The first-order valence-corrected chi connectivity index (χ1v) is 17.3. The zero-order valence-corrected chi connectivity index (χ0v) is 27.6. The largest absolute Gasteiger partial charge is 0.460 e. The molecule has 0 amide bonds. The van der Waals surface area contributed by atoms with E-state index in [2.05, 4.69) is 145 Å². The number of benzene rings is 6. The Balaban J connectivity index is 1.19. The third-order valence-electron chi connectivity index (χ3n) is 10.1. The highest BCUT2D eigenvalue weighted by atomic mass is 16.3. The average Bonchev–Trinajstić information content (AvgIpc) is 3.58. The molecule has 1 aromatic heterocycles. The van der Waals surface area contributed by atoms with E-state index >= 15 is 0 Å². The molecule has 0 fully saturated rings. The van der Waals surface area contributed by atoms with Crippen LogP contribution in [0.25, 0.3) is 49.2 Å². The van der Waals surface area contributed by atoms with Crippen molar-refractivity contribution in [2.24, 2.45) is 15.9 Å². The summed E-state index contributed by atoms with van der Waals surface area (Å²) in [5, 5.41) is 10.3. The van der Waals surface area contributed by atoms with Gasteiger partial charge >= 0.3 is 0 Å². The second kappa shape index (κ2) is 12.6. The molecule has 50 heavy (non-hydrogen) atoms. The molecule has 6 aromatic carbocycles. The van der Waals surface area contributed by atoms with Crippen molar-refractivity contribution in [2.75, 3.05) is 0 Å². The van der Waals surface area contributed by atoms with Crippen LogP contribution in [0.2, 0.25) is 0 Å². The highest BCUT2D eigenvalue weighted by Crippen LogP contribution is 2.44. The lowest BCUT2D eigenvalue weighted by Gasteiger charge is -2.19. The van der Waals surface area contributed by atoms with Crippen molar-refractivity contribution in [3.63, 3.8) is 0 Å². The molecule has 2 N–H and O–H groups in total. The van der Waals surface area contributed by atoms with Crippen LogP contribution in [0.1, 0.15) is 41.2 Å². The van der Waals surface area contributed by atoms with Crippen LogP contribution in [0.3, 0.4) is 0 Å². The number of hydrazone groups is 1. The highest BCUT2D eigenvalue weighted by molar-refractivity contribution is 6.32. The number of aryl methyl sites for hydroxylation is 1. The Morgan fingerprint density at radius 3 is 2.22 bits per heavy atom. The van der Waals surface area contributed by atoms with E-state index in [0.717, 1.165) is 69.5 Å². The number of nitrogens with zero attached hydrogens (tertiary/aromatic N) is 2. The third kappa shape index (κ3) is 5.17. The van der Waals surface area contributed by atoms with E-state index < -0.39 is 0 Å². The van der Waals surface area contributed by atoms with Crippen LogP contribution in [0, 0.1) is 0 Å². The van der Waals surface area contributed by atoms with Crippen LogP contribution in [0.5, 0.6) is 0 Å². The van der Waals surface area contributed by atoms with Crippen LogP contribution in [-0.4, -0.2) is 11.5 Å². The minimum Gasteiger partial charge on any atom is -0.460 e. The van der Waals surface area contributed by atoms with Crippen molar-refractivity contribution in [2.45, 2.75) is 25.2 Å². The van der Waals surface area contributed by atoms with Gasteiger partial charge in [0.1, 0.15) is 11.3 Å². The van der Waals surface area contributed by atoms with Gasteiger partial charge in [-0.05, 0) is 68.8 Å². The van der Waals surface area contributed by atoms with Gasteiger partial charge in [0.2, 0.25) is 0 Å². The maximum atomic E-state index is 6.63. The molecular formula is C46H35N3O. The highest BCUT2D eigenvalue weighted by Gasteiger charge is 2.27. The number of amidine groups is 1. The van der Waals surface area contributed by atoms with Crippen molar-refractivity contribution in [3.05, 3.63) is 186 Å². The molecule has 4 heteroatoms. The van der Waals surface area contributed by atoms with Crippen molar-refractivity contribution in [3.8, 4) is 11.1 Å². The second-order valence-corrected chi connectivity index (χ2v) is 13.0. The zero-order chi connectivity index (χ0) is 33.4. The van der Waals surface area contributed by atoms with E-state index in [1.54, 1.807) is 0 Å². The maximum Gasteiger partial charge on any atom is 0.179 e. The Kier molecular flexibility index (Phi) is 7.55. The molecule has 7 aromatic rings. The van der Waals surface area contributed by atoms with Gasteiger partial charge in [0.05, 0.1) is 5.71 Å². The average molecular weight is 646 g/mol. The minimum atomic E-state index is 0.324. The fourth-order valence-electron chi connectivity index (χ4n) is 7.71. The van der Waals surface area contributed by atoms with Gasteiger partial charge in [-0.25, -0.2) is 4.99 Å². The van der Waals surface area contributed by atoms with Crippen molar-refractivity contribution < 1.29 is 4.42 Å². The molecule has 0 saturated carbocycles. The lowest BCUT2D eigenvalue weighted by Crippen LogP contribution is -2.14. The monoisotopic (exact) mass is 645 g/mol. The van der Waals surface area contributed by atoms with Crippen molar-refractivity contribution >= 4 is 49.6 Å². The third-order valence-corrected chi connectivity index (χ3v) is 10.1. The standard InChI is InChI=1S/C46H35N3O/c47-49-46(48-45(32-15-5-2-6-16-32)33-27-25-31(26-28-33)30-13-3-1-4-14-30)39-22-12-24-42-44(39)43-38(21-11-23-41(43)50-42)40-29-34-17-7-8-18-35(34)36-19-9-10-20-37(36)40/h1-11,13-23,25,27-29,31H,12,24,26,47H2/b48-45?,49-46-. The van der Waals surface area contributed by atoms with Gasteiger partial charge in [0.25, 0.3) is 0 Å². The lowest BCUT2D eigenvalue weighted by molar-refractivity contribution is 0.546. The summed E-state index contributed by atoms with van der Waals surface area (Å²) in [6.45, 7) is 0. The quantitative estimate of drug-likeness (QED) is 0.0665. The molecule has 1 atom stereocenters. The number of allylic oxidation sites excluding steroid dienone is 5. The molecule has 2 aliphatic rings. The first-order valence-electron chi connectivity index (χ1n) is 17.3. The van der Waals surface area contributed by atoms with E-state index in [1.807, 2.05) is 18.2 Å². The van der Waals surface area contributed by atoms with Gasteiger partial charge in [-0.3, -0.25) is 0 Å². The van der Waals surface area contributed by atoms with Crippen LogP contribution < -0.4 is 5.84 Å². The molecule has 2 aliphatic carbocycles. The van der Waals surface area contributed by atoms with E-state index in [9.17, 15) is 0 Å². The summed E-state index contributed by atoms with van der Waals surface area (Å²) in [7, 11) is 0. The summed E-state index contributed by atoms with van der Waals surface area (Å²) < 4.78 is 6.63. The van der Waals surface area contributed by atoms with Crippen LogP contribution in [0.15, 0.2) is 178 Å². The molecule has 9 rings (SSSR count). The Bertz CT molecular complexity index is 2570. The maximum absolute atomic E-state index is 6.63. The zero-order valence-electron chi connectivity index (χ0n) is 27.6. The summed E-state index contributed by atoms with van der Waals surface area (Å²) in [4.78, 5) is 5.30. The van der Waals surface area contributed by atoms with Gasteiger partial charge in [0.15, 0.2) is 5.84 Å². The Hall–Kier alpha value is -6.26. The first kappa shape index (κ1) is 29.8. The van der Waals surface area contributed by atoms with Crippen molar-refractivity contribution in [1.82, 2.24) is 0 Å². The van der Waals surface area contributed by atoms with Gasteiger partial charge in [-0.2, -0.15) is 5.10 Å². The van der Waals surface area contributed by atoms with E-state index in [1.165, 1.54) is 32.7 Å². The minimum absolute atomic E-state index is 0.324. The predicted molar refractivity (Wildman–Crippen MR) is 209 cm³/mol. The van der Waals surface area contributed by atoms with Gasteiger partial charge in [0, 0.05) is 34.4 Å². The van der Waals surface area contributed by atoms with Gasteiger partial charge in [-0.1, -0.05) is 146 Å². The first-order chi connectivity index (χ1) is 24.8. The van der Waals surface area contributed by atoms with Gasteiger partial charge in [-0.15, -0.1) is 0 Å². The summed E-state index contributed by atoms with van der Waals surface area (Å²) >= 11 is 0. The fraction of sp³-hybridized carbons (Fsp3) is 0.0870. The number of furan rings is 1. The molecule has 4 nitrogen and oxygen atoms in total. The molecule has 0 spiro atoms. The Morgan fingerprint density at radius 2 is 1.44 bits per heavy atom. The summed E-state index contributed by atoms with van der Waals surface area (Å²) in [5.41, 5.74) is 9.30. The molecule has 1 unspecified atom stereocenters. The van der Waals surface area contributed by atoms with E-state index in [4.69, 9.17) is 15.3 Å². The van der Waals surface area contributed by atoms with E-state index in [0.29, 0.717) is 11.8 Å². The normalized spacial score (nSPS) is 16.4. The summed E-state index contributed by atoms with van der Waals surface area (Å²) in [6, 6.07) is 46.9. The van der Waals surface area contributed by atoms with Crippen LogP contribution >= 0.6 is 0 Å². The summed E-state index contributed by atoms with van der Waals surface area (Å²) in [6.07, 6.45) is 11.5. The number of hydrogen-bond donors (Lipinski definition) is 1. The molecule has 0 bridgehead atoms. The molecule has 1 heterocycles. The molecule has 0 saturated heterocycles. The van der Waals surface area contributed by atoms with Gasteiger partial charge < -0.3 is 10.3 Å². The predicted octanol–water partition coefficient (Wildman–Crippen LogP) is 11.2. The number of rotatable bonds is 5. The summed E-state index contributed by atoms with van der Waals surface area (Å²) in [5.74, 6) is 8.04. The van der Waals surface area contributed by atoms with Crippen LogP contribution in [-0.2, 0) is 6.42 Å². The Labute approximate surface area is 291 Å². The second-order valence-electron chi connectivity index (χ2n) is 13.0. The number of fused-ring (bicyclic) bond motifs is 6. The number of aliphatic imine (C=N–C) groups is 1. The van der Waals surface area contributed by atoms with Crippen LogP contribution in [0.4, 0.5) is 0 Å². The fourth-order valence-corrected chi connectivity index (χ4v) is 7.71. The van der Waals surface area contributed by atoms with E-state index in [-0.39, 0.29) is 0 Å². The molecule has 0 radical (unpaired) electrons. The topological polar surface area (TPSA) is 63.9 Å². The molecular weight excluding hydrogens is 611 g/mol. The molecule has 240 valence electrons. The number of hydrogen-bond acceptors (Lipinski definition) is 3. The van der Waals surface area contributed by atoms with Crippen molar-refractivity contribution in [1.29, 1.82) is 0 Å². The SMILES string of the molecule is N/N=C(\N=C(C1=CCC(c2ccccc2)C=C1)c1ccccc1)C1=CCCc2oc3cccc(-c4cc5ccccc5c5ccccc45)c3c21. The lowest BCUT2D eigenvalue weighted by atomic mass is 9.87. The Morgan fingerprint density at radius 1 is 0.700 bits per heavy atom. The number of nitrogens with two attached hydrogens (primary N) is 1. The molecule has 0 aliphatic heterocycles. The smallest absolute Gasteiger partial charge is 0.179 e.